The van der Waals surface area contributed by atoms with Gasteiger partial charge in [-0.15, -0.1) is 12.4 Å². The van der Waals surface area contributed by atoms with E-state index in [1.54, 1.807) is 28.6 Å². The van der Waals surface area contributed by atoms with Crippen LogP contribution < -0.4 is 10.1 Å². The number of hydrogen-bond acceptors (Lipinski definition) is 4. The lowest BCUT2D eigenvalue weighted by molar-refractivity contribution is 0.333. The first kappa shape index (κ1) is 17.5. The topological polar surface area (TPSA) is 58.6 Å². The van der Waals surface area contributed by atoms with Crippen molar-refractivity contribution in [2.24, 2.45) is 0 Å². The third-order valence-corrected chi connectivity index (χ3v) is 6.32. The number of nitrogens with zero attached hydrogens (tertiary/aromatic N) is 1. The van der Waals surface area contributed by atoms with Gasteiger partial charge in [0, 0.05) is 18.6 Å². The lowest BCUT2D eigenvalue weighted by Crippen LogP contribution is -2.42. The standard InChI is InChI=1S/C15H22N2O3S.ClH/c1-2-20-14-5-7-15(8-6-14)21(18,19)17-12-3-4-13(17)11-16-10-9-12;/h5-8,12-13,16H,2-4,9-11H2,1H3;1H. The molecule has 2 aliphatic rings. The Morgan fingerprint density at radius 1 is 1.18 bits per heavy atom. The maximum absolute atomic E-state index is 12.9. The average Bonchev–Trinajstić information content (AvgIpc) is 2.74. The summed E-state index contributed by atoms with van der Waals surface area (Å²) < 4.78 is 33.0. The Morgan fingerprint density at radius 3 is 2.55 bits per heavy atom. The van der Waals surface area contributed by atoms with E-state index in [9.17, 15) is 8.42 Å². The molecule has 0 radical (unpaired) electrons. The summed E-state index contributed by atoms with van der Waals surface area (Å²) in [6, 6.07) is 6.99. The number of benzene rings is 1. The molecule has 2 saturated heterocycles. The van der Waals surface area contributed by atoms with E-state index in [-0.39, 0.29) is 24.5 Å². The Bertz CT molecular complexity index is 577. The molecule has 2 heterocycles. The third-order valence-electron chi connectivity index (χ3n) is 4.30. The molecule has 2 aliphatic heterocycles. The summed E-state index contributed by atoms with van der Waals surface area (Å²) >= 11 is 0. The van der Waals surface area contributed by atoms with E-state index in [0.717, 1.165) is 32.4 Å². The molecule has 124 valence electrons. The highest BCUT2D eigenvalue weighted by Gasteiger charge is 2.42. The summed E-state index contributed by atoms with van der Waals surface area (Å²) in [4.78, 5) is 0.366. The summed E-state index contributed by atoms with van der Waals surface area (Å²) in [6.45, 7) is 4.14. The van der Waals surface area contributed by atoms with Gasteiger partial charge >= 0.3 is 0 Å². The van der Waals surface area contributed by atoms with Gasteiger partial charge in [-0.3, -0.25) is 0 Å². The van der Waals surface area contributed by atoms with E-state index in [0.29, 0.717) is 17.3 Å². The van der Waals surface area contributed by atoms with Crippen LogP contribution in [0.1, 0.15) is 26.2 Å². The first-order valence-electron chi connectivity index (χ1n) is 7.60. The molecule has 0 aliphatic carbocycles. The van der Waals surface area contributed by atoms with Crippen LogP contribution in [0.25, 0.3) is 0 Å². The van der Waals surface area contributed by atoms with Crippen LogP contribution in [0.4, 0.5) is 0 Å². The Labute approximate surface area is 138 Å². The summed E-state index contributed by atoms with van der Waals surface area (Å²) in [5.74, 6) is 0.706. The van der Waals surface area contributed by atoms with Crippen molar-refractivity contribution < 1.29 is 13.2 Å². The molecule has 1 aromatic rings. The van der Waals surface area contributed by atoms with Gasteiger partial charge in [0.15, 0.2) is 0 Å². The van der Waals surface area contributed by atoms with Crippen LogP contribution in [0.15, 0.2) is 29.2 Å². The summed E-state index contributed by atoms with van der Waals surface area (Å²) in [5.41, 5.74) is 0. The number of sulfonamides is 1. The molecule has 2 bridgehead atoms. The van der Waals surface area contributed by atoms with Crippen LogP contribution in [-0.2, 0) is 10.0 Å². The fourth-order valence-corrected chi connectivity index (χ4v) is 5.23. The van der Waals surface area contributed by atoms with Gasteiger partial charge in [-0.2, -0.15) is 4.31 Å². The monoisotopic (exact) mass is 346 g/mol. The van der Waals surface area contributed by atoms with Crippen molar-refractivity contribution in [3.05, 3.63) is 24.3 Å². The van der Waals surface area contributed by atoms with Crippen molar-refractivity contribution >= 4 is 22.4 Å². The molecule has 0 amide bonds. The highest BCUT2D eigenvalue weighted by Crippen LogP contribution is 2.34. The van der Waals surface area contributed by atoms with Crippen LogP contribution in [0.2, 0.25) is 0 Å². The maximum atomic E-state index is 12.9. The molecule has 0 saturated carbocycles. The number of nitrogens with one attached hydrogen (secondary N) is 1. The Hall–Kier alpha value is -0.820. The predicted octanol–water partition coefficient (Wildman–Crippen LogP) is 2.02. The highest BCUT2D eigenvalue weighted by molar-refractivity contribution is 7.89. The van der Waals surface area contributed by atoms with Crippen LogP contribution in [0.5, 0.6) is 5.75 Å². The first-order valence-corrected chi connectivity index (χ1v) is 9.04. The normalized spacial score (nSPS) is 25.3. The second kappa shape index (κ2) is 7.17. The van der Waals surface area contributed by atoms with E-state index in [1.165, 1.54) is 0 Å². The molecule has 22 heavy (non-hydrogen) atoms. The fourth-order valence-electron chi connectivity index (χ4n) is 3.33. The predicted molar refractivity (Wildman–Crippen MR) is 88.2 cm³/mol. The van der Waals surface area contributed by atoms with Crippen molar-refractivity contribution in [1.82, 2.24) is 9.62 Å². The maximum Gasteiger partial charge on any atom is 0.243 e. The van der Waals surface area contributed by atoms with E-state index >= 15 is 0 Å². The van der Waals surface area contributed by atoms with Crippen LogP contribution in [0.3, 0.4) is 0 Å². The van der Waals surface area contributed by atoms with Gasteiger partial charge in [-0.25, -0.2) is 8.42 Å². The molecule has 1 aromatic carbocycles. The van der Waals surface area contributed by atoms with Gasteiger partial charge in [-0.1, -0.05) is 0 Å². The second-order valence-electron chi connectivity index (χ2n) is 5.62. The molecule has 0 aromatic heterocycles. The summed E-state index contributed by atoms with van der Waals surface area (Å²) in [5, 5.41) is 3.33. The van der Waals surface area contributed by atoms with Gasteiger partial charge in [0.05, 0.1) is 11.5 Å². The Morgan fingerprint density at radius 2 is 1.86 bits per heavy atom. The smallest absolute Gasteiger partial charge is 0.243 e. The van der Waals surface area contributed by atoms with Gasteiger partial charge in [-0.05, 0) is 57.0 Å². The number of hydrogen-bond donors (Lipinski definition) is 1. The number of rotatable bonds is 4. The van der Waals surface area contributed by atoms with Crippen molar-refractivity contribution in [1.29, 1.82) is 0 Å². The molecule has 2 unspecified atom stereocenters. The molecule has 3 rings (SSSR count). The largest absolute Gasteiger partial charge is 0.494 e. The van der Waals surface area contributed by atoms with Crippen molar-refractivity contribution in [2.45, 2.75) is 43.2 Å². The summed E-state index contributed by atoms with van der Waals surface area (Å²) in [6.07, 6.45) is 2.82. The molecular formula is C15H23ClN2O3S. The van der Waals surface area contributed by atoms with Gasteiger partial charge in [0.1, 0.15) is 5.75 Å². The first-order chi connectivity index (χ1) is 10.1. The van der Waals surface area contributed by atoms with E-state index < -0.39 is 10.0 Å². The third kappa shape index (κ3) is 3.25. The minimum absolute atomic E-state index is 0. The number of halogens is 1. The van der Waals surface area contributed by atoms with Crippen LogP contribution >= 0.6 is 12.4 Å². The molecule has 1 N–H and O–H groups in total. The molecule has 5 nitrogen and oxygen atoms in total. The van der Waals surface area contributed by atoms with Gasteiger partial charge < -0.3 is 10.1 Å². The molecule has 2 atom stereocenters. The zero-order valence-electron chi connectivity index (χ0n) is 12.7. The van der Waals surface area contributed by atoms with Gasteiger partial charge in [0.25, 0.3) is 0 Å². The second-order valence-corrected chi connectivity index (χ2v) is 7.46. The fraction of sp³-hybridized carbons (Fsp3) is 0.600. The molecular weight excluding hydrogens is 324 g/mol. The lowest BCUT2D eigenvalue weighted by atomic mass is 10.1. The zero-order chi connectivity index (χ0) is 14.9. The molecule has 2 fully saturated rings. The zero-order valence-corrected chi connectivity index (χ0v) is 14.3. The van der Waals surface area contributed by atoms with E-state index in [1.807, 2.05) is 6.92 Å². The SMILES string of the molecule is CCOc1ccc(S(=O)(=O)N2C3CCNCC2CC3)cc1.Cl. The minimum Gasteiger partial charge on any atom is -0.494 e. The van der Waals surface area contributed by atoms with Crippen LogP contribution in [0, 0.1) is 0 Å². The van der Waals surface area contributed by atoms with Gasteiger partial charge in [0.2, 0.25) is 10.0 Å². The quantitative estimate of drug-likeness (QED) is 0.906. The average molecular weight is 347 g/mol. The van der Waals surface area contributed by atoms with E-state index in [2.05, 4.69) is 5.32 Å². The summed E-state index contributed by atoms with van der Waals surface area (Å²) in [7, 11) is -3.42. The highest BCUT2D eigenvalue weighted by atomic mass is 35.5. The number of ether oxygens (including phenoxy) is 1. The Kier molecular flexibility index (Phi) is 5.71. The Balaban J connectivity index is 0.00000176. The van der Waals surface area contributed by atoms with Crippen molar-refractivity contribution in [3.63, 3.8) is 0 Å². The molecule has 0 spiro atoms. The van der Waals surface area contributed by atoms with Crippen molar-refractivity contribution in [2.75, 3.05) is 19.7 Å². The van der Waals surface area contributed by atoms with E-state index in [4.69, 9.17) is 4.74 Å². The number of fused-ring (bicyclic) bond motifs is 2. The minimum atomic E-state index is -3.42. The van der Waals surface area contributed by atoms with Crippen molar-refractivity contribution in [3.8, 4) is 5.75 Å². The lowest BCUT2D eigenvalue weighted by Gasteiger charge is -2.26. The van der Waals surface area contributed by atoms with Crippen LogP contribution in [-0.4, -0.2) is 44.5 Å². The molecule has 7 heteroatoms.